The van der Waals surface area contributed by atoms with Crippen molar-refractivity contribution in [1.82, 2.24) is 19.9 Å². The van der Waals surface area contributed by atoms with E-state index in [-0.39, 0.29) is 6.61 Å². The van der Waals surface area contributed by atoms with Gasteiger partial charge < -0.3 is 15.1 Å². The molecule has 0 radical (unpaired) electrons. The molecule has 0 fully saturated rings. The number of nitrogens with one attached hydrogen (secondary N) is 2. The summed E-state index contributed by atoms with van der Waals surface area (Å²) in [6, 6.07) is 48.3. The Morgan fingerprint density at radius 1 is 0.392 bits per heavy atom. The first-order valence-electron chi connectivity index (χ1n) is 17.3. The number of rotatable bonds is 6. The Balaban J connectivity index is 1.47. The Hall–Kier alpha value is -6.56. The second kappa shape index (κ2) is 13.0. The highest BCUT2D eigenvalue weighted by atomic mass is 16.2. The van der Waals surface area contributed by atoms with Gasteiger partial charge in [-0.3, -0.25) is 0 Å². The van der Waals surface area contributed by atoms with Crippen molar-refractivity contribution < 1.29 is 5.11 Å². The van der Waals surface area contributed by atoms with Gasteiger partial charge in [-0.1, -0.05) is 115 Å². The molecule has 5 heteroatoms. The number of nitrogens with zero attached hydrogens (tertiary/aromatic N) is 2. The Kier molecular flexibility index (Phi) is 7.80. The maximum atomic E-state index is 9.77. The van der Waals surface area contributed by atoms with Crippen LogP contribution in [0.3, 0.4) is 0 Å². The van der Waals surface area contributed by atoms with Crippen molar-refractivity contribution in [2.24, 2.45) is 0 Å². The van der Waals surface area contributed by atoms with E-state index in [0.29, 0.717) is 6.42 Å². The number of benzene rings is 4. The number of H-pyrrole nitrogens is 2. The molecule has 9 rings (SSSR count). The third-order valence-electron chi connectivity index (χ3n) is 9.56. The van der Waals surface area contributed by atoms with Crippen molar-refractivity contribution in [2.75, 3.05) is 6.61 Å². The lowest BCUT2D eigenvalue weighted by Crippen LogP contribution is -1.92. The summed E-state index contributed by atoms with van der Waals surface area (Å²) in [6.45, 7) is 0.0885. The van der Waals surface area contributed by atoms with Gasteiger partial charge in [-0.25, -0.2) is 9.97 Å². The van der Waals surface area contributed by atoms with Crippen molar-refractivity contribution in [3.63, 3.8) is 0 Å². The van der Waals surface area contributed by atoms with Crippen LogP contribution < -0.4 is 0 Å². The van der Waals surface area contributed by atoms with Crippen LogP contribution in [0.1, 0.15) is 28.3 Å². The lowest BCUT2D eigenvalue weighted by atomic mass is 10.0. The Bertz CT molecular complexity index is 2590. The topological polar surface area (TPSA) is 77.6 Å². The van der Waals surface area contributed by atoms with Gasteiger partial charge in [0, 0.05) is 50.9 Å². The van der Waals surface area contributed by atoms with Crippen LogP contribution in [-0.2, 0) is 6.42 Å². The van der Waals surface area contributed by atoms with E-state index in [9.17, 15) is 5.11 Å². The summed E-state index contributed by atoms with van der Waals surface area (Å²) in [6.07, 6.45) is 9.06. The molecule has 2 aliphatic rings. The molecule has 8 bridgehead atoms. The van der Waals surface area contributed by atoms with Crippen molar-refractivity contribution in [2.45, 2.75) is 6.42 Å². The van der Waals surface area contributed by atoms with E-state index in [1.54, 1.807) is 0 Å². The zero-order chi connectivity index (χ0) is 34.1. The summed E-state index contributed by atoms with van der Waals surface area (Å²) in [5.41, 5.74) is 16.7. The average Bonchev–Trinajstić information content (AvgIpc) is 4.01. The van der Waals surface area contributed by atoms with Crippen LogP contribution in [0.5, 0.6) is 0 Å². The van der Waals surface area contributed by atoms with Gasteiger partial charge in [0.25, 0.3) is 0 Å². The quantitative estimate of drug-likeness (QED) is 0.166. The smallest absolute Gasteiger partial charge is 0.0737 e. The van der Waals surface area contributed by atoms with Gasteiger partial charge in [0.15, 0.2) is 0 Å². The van der Waals surface area contributed by atoms with Crippen LogP contribution in [0, 0.1) is 0 Å². The molecular formula is C46H34N4O. The Morgan fingerprint density at radius 2 is 0.745 bits per heavy atom. The van der Waals surface area contributed by atoms with Crippen molar-refractivity contribution in [3.05, 3.63) is 168 Å². The number of fused-ring (bicyclic) bond motifs is 8. The number of aromatic nitrogens is 4. The van der Waals surface area contributed by atoms with Crippen LogP contribution in [0.15, 0.2) is 140 Å². The number of hydrogen-bond donors (Lipinski definition) is 3. The minimum Gasteiger partial charge on any atom is -0.396 e. The lowest BCUT2D eigenvalue weighted by molar-refractivity contribution is 0.299. The van der Waals surface area contributed by atoms with E-state index in [4.69, 9.17) is 9.97 Å². The average molecular weight is 659 g/mol. The zero-order valence-corrected chi connectivity index (χ0v) is 27.8. The van der Waals surface area contributed by atoms with Gasteiger partial charge in [-0.15, -0.1) is 0 Å². The Labute approximate surface area is 296 Å². The second-order valence-corrected chi connectivity index (χ2v) is 12.8. The van der Waals surface area contributed by atoms with E-state index in [1.165, 1.54) is 0 Å². The molecule has 7 aromatic rings. The second-order valence-electron chi connectivity index (χ2n) is 12.8. The maximum absolute atomic E-state index is 9.77. The van der Waals surface area contributed by atoms with Crippen LogP contribution in [0.4, 0.5) is 0 Å². The summed E-state index contributed by atoms with van der Waals surface area (Å²) in [7, 11) is 0. The predicted molar refractivity (Wildman–Crippen MR) is 211 cm³/mol. The van der Waals surface area contributed by atoms with E-state index >= 15 is 0 Å². The SMILES string of the molecule is OCCc1cccc(-c2c3nc(c(-c4ccccc4)c4ccc([nH]4)c(-c4ccccc4)c4nc(c(-c5ccccc5)c5ccc2[nH]5)C=C4)C=C3)c1. The van der Waals surface area contributed by atoms with E-state index < -0.39 is 0 Å². The third kappa shape index (κ3) is 5.70. The monoisotopic (exact) mass is 658 g/mol. The van der Waals surface area contributed by atoms with Crippen molar-refractivity contribution >= 4 is 46.4 Å². The molecule has 0 amide bonds. The number of aliphatic hydroxyl groups excluding tert-OH is 1. The standard InChI is InChI=1S/C46H34N4O/c51-28-27-30-11-10-18-34(29-30)46-41-25-23-39(49-41)44(32-14-6-2-7-15-32)37-21-19-35(47-37)43(31-12-4-1-5-13-31)36-20-22-38(48-36)45(33-16-8-3-9-17-33)40-24-26-42(46)50-40/h1-26,29,47,50-51H,27-28H2. The molecule has 0 aliphatic carbocycles. The van der Waals surface area contributed by atoms with E-state index in [0.717, 1.165) is 94.9 Å². The molecule has 244 valence electrons. The largest absolute Gasteiger partial charge is 0.396 e. The highest BCUT2D eigenvalue weighted by Crippen LogP contribution is 2.38. The molecule has 51 heavy (non-hydrogen) atoms. The van der Waals surface area contributed by atoms with Gasteiger partial charge in [0.2, 0.25) is 0 Å². The van der Waals surface area contributed by atoms with Crippen LogP contribution >= 0.6 is 0 Å². The van der Waals surface area contributed by atoms with E-state index in [1.807, 2.05) is 18.2 Å². The molecule has 0 unspecified atom stereocenters. The number of aromatic amines is 2. The van der Waals surface area contributed by atoms with E-state index in [2.05, 4.69) is 156 Å². The molecule has 3 N–H and O–H groups in total. The molecule has 0 saturated carbocycles. The predicted octanol–water partition coefficient (Wildman–Crippen LogP) is 10.9. The number of aliphatic hydroxyl groups is 1. The zero-order valence-electron chi connectivity index (χ0n) is 27.8. The van der Waals surface area contributed by atoms with Gasteiger partial charge in [-0.05, 0) is 82.8 Å². The van der Waals surface area contributed by atoms with Crippen LogP contribution in [0.25, 0.3) is 90.9 Å². The molecule has 5 nitrogen and oxygen atoms in total. The summed E-state index contributed by atoms with van der Waals surface area (Å²) >= 11 is 0. The molecule has 0 saturated heterocycles. The number of hydrogen-bond acceptors (Lipinski definition) is 3. The normalized spacial score (nSPS) is 12.0. The molecule has 4 aromatic carbocycles. The van der Waals surface area contributed by atoms with Crippen LogP contribution in [-0.4, -0.2) is 31.6 Å². The first kappa shape index (κ1) is 30.5. The summed E-state index contributed by atoms with van der Waals surface area (Å²) < 4.78 is 0. The maximum Gasteiger partial charge on any atom is 0.0737 e. The van der Waals surface area contributed by atoms with Gasteiger partial charge in [0.1, 0.15) is 0 Å². The van der Waals surface area contributed by atoms with Gasteiger partial charge in [0.05, 0.1) is 22.8 Å². The summed E-state index contributed by atoms with van der Waals surface area (Å²) in [5.74, 6) is 0. The molecule has 2 aliphatic heterocycles. The molecule has 3 aromatic heterocycles. The Morgan fingerprint density at radius 3 is 1.12 bits per heavy atom. The third-order valence-corrected chi connectivity index (χ3v) is 9.56. The summed E-state index contributed by atoms with van der Waals surface area (Å²) in [4.78, 5) is 18.3. The molecule has 0 spiro atoms. The minimum atomic E-state index is 0.0885. The highest BCUT2D eigenvalue weighted by Gasteiger charge is 2.19. The first-order valence-corrected chi connectivity index (χ1v) is 17.3. The fraction of sp³-hybridized carbons (Fsp3) is 0.0435. The summed E-state index contributed by atoms with van der Waals surface area (Å²) in [5, 5.41) is 9.77. The van der Waals surface area contributed by atoms with Crippen molar-refractivity contribution in [1.29, 1.82) is 0 Å². The fourth-order valence-electron chi connectivity index (χ4n) is 7.25. The van der Waals surface area contributed by atoms with Gasteiger partial charge in [-0.2, -0.15) is 0 Å². The molecule has 5 heterocycles. The fourth-order valence-corrected chi connectivity index (χ4v) is 7.25. The van der Waals surface area contributed by atoms with Crippen molar-refractivity contribution in [3.8, 4) is 44.5 Å². The lowest BCUT2D eigenvalue weighted by Gasteiger charge is -2.08. The van der Waals surface area contributed by atoms with Crippen LogP contribution in [0.2, 0.25) is 0 Å². The van der Waals surface area contributed by atoms with Gasteiger partial charge >= 0.3 is 0 Å². The minimum absolute atomic E-state index is 0.0885. The highest BCUT2D eigenvalue weighted by molar-refractivity contribution is 5.99. The molecular weight excluding hydrogens is 625 g/mol. The molecule has 0 atom stereocenters. The first-order chi connectivity index (χ1) is 25.2.